The van der Waals surface area contributed by atoms with Crippen LogP contribution in [-0.4, -0.2) is 21.8 Å². The van der Waals surface area contributed by atoms with Crippen LogP contribution in [0.3, 0.4) is 0 Å². The molecular weight excluding hydrogens is 299 g/mol. The SMILES string of the molecule is NC(=O)C1(c2cccc(F)c2)CCCC(=O)N1c1ncccn1. The van der Waals surface area contributed by atoms with E-state index in [9.17, 15) is 14.0 Å². The average Bonchev–Trinajstić information content (AvgIpc) is 2.55. The smallest absolute Gasteiger partial charge is 0.248 e. The molecule has 1 saturated heterocycles. The molecule has 2 amide bonds. The molecule has 1 aliphatic rings. The van der Waals surface area contributed by atoms with Crippen molar-refractivity contribution in [3.8, 4) is 0 Å². The summed E-state index contributed by atoms with van der Waals surface area (Å²) in [7, 11) is 0. The topological polar surface area (TPSA) is 89.2 Å². The molecule has 118 valence electrons. The maximum absolute atomic E-state index is 13.7. The molecule has 3 rings (SSSR count). The number of hydrogen-bond acceptors (Lipinski definition) is 4. The highest BCUT2D eigenvalue weighted by Crippen LogP contribution is 2.40. The van der Waals surface area contributed by atoms with Crippen LogP contribution in [0, 0.1) is 5.82 Å². The molecule has 2 heterocycles. The van der Waals surface area contributed by atoms with Gasteiger partial charge in [0, 0.05) is 18.8 Å². The third-order valence-electron chi connectivity index (χ3n) is 4.02. The Hall–Kier alpha value is -2.83. The van der Waals surface area contributed by atoms with Crippen molar-refractivity contribution in [1.29, 1.82) is 0 Å². The Bertz CT molecular complexity index is 753. The minimum Gasteiger partial charge on any atom is -0.367 e. The number of piperidine rings is 1. The molecule has 2 aromatic rings. The first-order valence-electron chi connectivity index (χ1n) is 7.22. The Balaban J connectivity index is 2.23. The molecule has 23 heavy (non-hydrogen) atoms. The molecule has 7 heteroatoms. The molecule has 1 fully saturated rings. The molecule has 1 aromatic heterocycles. The summed E-state index contributed by atoms with van der Waals surface area (Å²) < 4.78 is 13.7. The highest BCUT2D eigenvalue weighted by molar-refractivity contribution is 6.03. The van der Waals surface area contributed by atoms with Crippen molar-refractivity contribution < 1.29 is 14.0 Å². The van der Waals surface area contributed by atoms with Crippen LogP contribution in [0.1, 0.15) is 24.8 Å². The van der Waals surface area contributed by atoms with Gasteiger partial charge in [-0.3, -0.25) is 14.5 Å². The number of primary amides is 1. The lowest BCUT2D eigenvalue weighted by molar-refractivity contribution is -0.131. The number of rotatable bonds is 3. The van der Waals surface area contributed by atoms with Crippen LogP contribution in [0.4, 0.5) is 10.3 Å². The lowest BCUT2D eigenvalue weighted by Crippen LogP contribution is -2.60. The summed E-state index contributed by atoms with van der Waals surface area (Å²) in [4.78, 5) is 34.2. The van der Waals surface area contributed by atoms with Crippen molar-refractivity contribution in [3.63, 3.8) is 0 Å². The normalized spacial score (nSPS) is 21.3. The summed E-state index contributed by atoms with van der Waals surface area (Å²) in [5.74, 6) is -1.47. The van der Waals surface area contributed by atoms with Gasteiger partial charge in [-0.05, 0) is 36.6 Å². The van der Waals surface area contributed by atoms with E-state index in [0.29, 0.717) is 12.0 Å². The van der Waals surface area contributed by atoms with Gasteiger partial charge in [0.1, 0.15) is 5.82 Å². The number of carbonyl (C=O) groups is 2. The lowest BCUT2D eigenvalue weighted by atomic mass is 9.79. The largest absolute Gasteiger partial charge is 0.367 e. The highest BCUT2D eigenvalue weighted by Gasteiger charge is 2.50. The van der Waals surface area contributed by atoms with Gasteiger partial charge in [0.2, 0.25) is 17.8 Å². The average molecular weight is 314 g/mol. The first-order chi connectivity index (χ1) is 11.1. The number of aromatic nitrogens is 2. The molecule has 1 atom stereocenters. The number of hydrogen-bond donors (Lipinski definition) is 1. The van der Waals surface area contributed by atoms with Crippen molar-refractivity contribution in [3.05, 3.63) is 54.1 Å². The van der Waals surface area contributed by atoms with Gasteiger partial charge in [-0.1, -0.05) is 12.1 Å². The maximum atomic E-state index is 13.7. The van der Waals surface area contributed by atoms with Gasteiger partial charge in [0.05, 0.1) is 0 Å². The van der Waals surface area contributed by atoms with Crippen LogP contribution in [-0.2, 0) is 15.1 Å². The number of nitrogens with zero attached hydrogens (tertiary/aromatic N) is 3. The predicted octanol–water partition coefficient (Wildman–Crippen LogP) is 1.51. The van der Waals surface area contributed by atoms with Crippen molar-refractivity contribution in [2.75, 3.05) is 4.90 Å². The Labute approximate surface area is 132 Å². The molecule has 0 saturated carbocycles. The van der Waals surface area contributed by atoms with E-state index >= 15 is 0 Å². The van der Waals surface area contributed by atoms with Gasteiger partial charge in [-0.2, -0.15) is 0 Å². The molecule has 1 aliphatic heterocycles. The fourth-order valence-corrected chi connectivity index (χ4v) is 3.02. The summed E-state index contributed by atoms with van der Waals surface area (Å²) in [5, 5.41) is 0. The molecular formula is C16H15FN4O2. The molecule has 1 unspecified atom stereocenters. The van der Waals surface area contributed by atoms with E-state index < -0.39 is 17.3 Å². The molecule has 0 radical (unpaired) electrons. The molecule has 6 nitrogen and oxygen atoms in total. The summed E-state index contributed by atoms with van der Waals surface area (Å²) >= 11 is 0. The third kappa shape index (κ3) is 2.44. The number of benzene rings is 1. The molecule has 0 aliphatic carbocycles. The second-order valence-corrected chi connectivity index (χ2v) is 5.37. The second kappa shape index (κ2) is 5.75. The monoisotopic (exact) mass is 314 g/mol. The zero-order valence-electron chi connectivity index (χ0n) is 12.3. The van der Waals surface area contributed by atoms with Gasteiger partial charge in [-0.15, -0.1) is 0 Å². The summed E-state index contributed by atoms with van der Waals surface area (Å²) in [6.07, 6.45) is 3.96. The van der Waals surface area contributed by atoms with Crippen LogP contribution in [0.5, 0.6) is 0 Å². The zero-order chi connectivity index (χ0) is 16.4. The van der Waals surface area contributed by atoms with Gasteiger partial charge in [0.15, 0.2) is 5.54 Å². The van der Waals surface area contributed by atoms with E-state index in [1.54, 1.807) is 12.1 Å². The van der Waals surface area contributed by atoms with Crippen LogP contribution in [0.25, 0.3) is 0 Å². The van der Waals surface area contributed by atoms with Crippen molar-refractivity contribution in [2.24, 2.45) is 5.73 Å². The van der Waals surface area contributed by atoms with Crippen LogP contribution < -0.4 is 10.6 Å². The van der Waals surface area contributed by atoms with Crippen LogP contribution in [0.2, 0.25) is 0 Å². The first kappa shape index (κ1) is 15.1. The van der Waals surface area contributed by atoms with E-state index in [0.717, 1.165) is 0 Å². The maximum Gasteiger partial charge on any atom is 0.248 e. The van der Waals surface area contributed by atoms with E-state index in [-0.39, 0.29) is 24.7 Å². The van der Waals surface area contributed by atoms with Crippen molar-refractivity contribution >= 4 is 17.8 Å². The standard InChI is InChI=1S/C16H15FN4O2/c17-12-5-1-4-11(10-12)16(14(18)23)7-2-6-13(22)21(16)15-19-8-3-9-20-15/h1,3-5,8-10H,2,6-7H2,(H2,18,23). The first-order valence-corrected chi connectivity index (χ1v) is 7.22. The third-order valence-corrected chi connectivity index (χ3v) is 4.02. The molecule has 0 bridgehead atoms. The van der Waals surface area contributed by atoms with E-state index in [2.05, 4.69) is 9.97 Å². The Morgan fingerprint density at radius 2 is 2.00 bits per heavy atom. The Morgan fingerprint density at radius 1 is 1.26 bits per heavy atom. The summed E-state index contributed by atoms with van der Waals surface area (Å²) in [6, 6.07) is 7.17. The summed E-state index contributed by atoms with van der Waals surface area (Å²) in [5.41, 5.74) is 4.50. The number of anilines is 1. The molecule has 2 N–H and O–H groups in total. The lowest BCUT2D eigenvalue weighted by Gasteiger charge is -2.43. The van der Waals surface area contributed by atoms with Gasteiger partial charge >= 0.3 is 0 Å². The van der Waals surface area contributed by atoms with E-state index in [1.807, 2.05) is 0 Å². The van der Waals surface area contributed by atoms with Crippen molar-refractivity contribution in [2.45, 2.75) is 24.8 Å². The highest BCUT2D eigenvalue weighted by atomic mass is 19.1. The minimum atomic E-state index is -1.49. The Morgan fingerprint density at radius 3 is 2.65 bits per heavy atom. The molecule has 1 aromatic carbocycles. The van der Waals surface area contributed by atoms with E-state index in [1.165, 1.54) is 35.5 Å². The Kier molecular flexibility index (Phi) is 3.77. The fourth-order valence-electron chi connectivity index (χ4n) is 3.02. The van der Waals surface area contributed by atoms with Crippen molar-refractivity contribution in [1.82, 2.24) is 9.97 Å². The van der Waals surface area contributed by atoms with Gasteiger partial charge in [0.25, 0.3) is 0 Å². The van der Waals surface area contributed by atoms with Crippen LogP contribution in [0.15, 0.2) is 42.7 Å². The summed E-state index contributed by atoms with van der Waals surface area (Å²) in [6.45, 7) is 0. The second-order valence-electron chi connectivity index (χ2n) is 5.37. The fraction of sp³-hybridized carbons (Fsp3) is 0.250. The van der Waals surface area contributed by atoms with Gasteiger partial charge < -0.3 is 5.73 Å². The number of nitrogens with two attached hydrogens (primary N) is 1. The van der Waals surface area contributed by atoms with Crippen LogP contribution >= 0.6 is 0 Å². The molecule has 0 spiro atoms. The predicted molar refractivity (Wildman–Crippen MR) is 80.6 cm³/mol. The number of halogens is 1. The zero-order valence-corrected chi connectivity index (χ0v) is 12.3. The quantitative estimate of drug-likeness (QED) is 0.930. The number of amides is 2. The minimum absolute atomic E-state index is 0.0836. The van der Waals surface area contributed by atoms with Gasteiger partial charge in [-0.25, -0.2) is 14.4 Å². The number of carbonyl (C=O) groups excluding carboxylic acids is 2. The van der Waals surface area contributed by atoms with E-state index in [4.69, 9.17) is 5.73 Å².